The number of allylic oxidation sites excluding steroid dienone is 1. The van der Waals surface area contributed by atoms with Crippen LogP contribution in [-0.4, -0.2) is 28.4 Å². The van der Waals surface area contributed by atoms with E-state index in [9.17, 15) is 0 Å². The van der Waals surface area contributed by atoms with Gasteiger partial charge in [-0.3, -0.25) is 0 Å². The van der Waals surface area contributed by atoms with E-state index in [0.29, 0.717) is 29.4 Å². The van der Waals surface area contributed by atoms with Gasteiger partial charge in [0.25, 0.3) is 0 Å². The number of hydrogen-bond acceptors (Lipinski definition) is 6. The number of hydrogen-bond donors (Lipinski definition) is 0. The molecule has 168 valence electrons. The average molecular weight is 437 g/mol. The minimum Gasteiger partial charge on any atom is -0.493 e. The molecule has 4 rings (SSSR count). The average Bonchev–Trinajstić information content (AvgIpc) is 3.40. The Morgan fingerprint density at radius 3 is 1.78 bits per heavy atom. The summed E-state index contributed by atoms with van der Waals surface area (Å²) in [7, 11) is 6.48. The second kappa shape index (κ2) is 8.19. The molecule has 0 N–H and O–H groups in total. The highest BCUT2D eigenvalue weighted by molar-refractivity contribution is 5.94. The van der Waals surface area contributed by atoms with Gasteiger partial charge in [-0.05, 0) is 36.3 Å². The first-order valence-corrected chi connectivity index (χ1v) is 10.3. The van der Waals surface area contributed by atoms with Gasteiger partial charge in [-0.25, -0.2) is 0 Å². The maximum Gasteiger partial charge on any atom is 0.161 e. The predicted molar refractivity (Wildman–Crippen MR) is 125 cm³/mol. The van der Waals surface area contributed by atoms with Crippen molar-refractivity contribution in [3.63, 3.8) is 0 Å². The Hall–Kier alpha value is -3.54. The summed E-state index contributed by atoms with van der Waals surface area (Å²) < 4.78 is 33.7. The Balaban J connectivity index is 1.70. The largest absolute Gasteiger partial charge is 0.493 e. The summed E-state index contributed by atoms with van der Waals surface area (Å²) in [5, 5.41) is 3.80. The van der Waals surface area contributed by atoms with E-state index in [4.69, 9.17) is 27.8 Å². The Kier molecular flexibility index (Phi) is 5.55. The van der Waals surface area contributed by atoms with Crippen LogP contribution in [0.25, 0.3) is 27.1 Å². The first-order valence-electron chi connectivity index (χ1n) is 10.3. The summed E-state index contributed by atoms with van der Waals surface area (Å²) in [6.07, 6.45) is 4.09. The zero-order valence-corrected chi connectivity index (χ0v) is 19.3. The van der Waals surface area contributed by atoms with Crippen molar-refractivity contribution in [2.24, 2.45) is 0 Å². The number of fused-ring (bicyclic) bond motifs is 2. The van der Waals surface area contributed by atoms with Gasteiger partial charge in [0.1, 0.15) is 11.5 Å². The summed E-state index contributed by atoms with van der Waals surface area (Å²) in [5.41, 5.74) is 0.510. The van der Waals surface area contributed by atoms with Gasteiger partial charge in [0.2, 0.25) is 0 Å². The number of rotatable bonds is 8. The molecule has 0 aliphatic rings. The first kappa shape index (κ1) is 21.7. The maximum absolute atomic E-state index is 6.03. The Labute approximate surface area is 187 Å². The fourth-order valence-corrected chi connectivity index (χ4v) is 4.24. The number of methoxy groups -OCH3 is 4. The van der Waals surface area contributed by atoms with Gasteiger partial charge in [0.05, 0.1) is 41.0 Å². The molecule has 2 aromatic carbocycles. The lowest BCUT2D eigenvalue weighted by atomic mass is 9.81. The zero-order chi connectivity index (χ0) is 23.0. The van der Waals surface area contributed by atoms with E-state index in [1.165, 1.54) is 0 Å². The summed E-state index contributed by atoms with van der Waals surface area (Å²) >= 11 is 0. The van der Waals surface area contributed by atoms with Crippen molar-refractivity contribution in [2.75, 3.05) is 28.4 Å². The van der Waals surface area contributed by atoms with Gasteiger partial charge in [0.15, 0.2) is 23.0 Å². The van der Waals surface area contributed by atoms with E-state index in [-0.39, 0.29) is 5.41 Å². The molecule has 0 saturated carbocycles. The molecule has 0 fully saturated rings. The second-order valence-electron chi connectivity index (χ2n) is 8.38. The molecular weight excluding hydrogens is 408 g/mol. The molecule has 6 nitrogen and oxygen atoms in total. The summed E-state index contributed by atoms with van der Waals surface area (Å²) in [5.74, 6) is 4.21. The van der Waals surface area contributed by atoms with E-state index in [2.05, 4.69) is 20.4 Å². The summed E-state index contributed by atoms with van der Waals surface area (Å²) in [6, 6.07) is 7.70. The number of ether oxygens (including phenoxy) is 4. The third-order valence-electron chi connectivity index (χ3n) is 5.80. The van der Waals surface area contributed by atoms with Crippen molar-refractivity contribution in [3.8, 4) is 23.0 Å². The van der Waals surface area contributed by atoms with E-state index in [1.54, 1.807) is 41.0 Å². The van der Waals surface area contributed by atoms with E-state index < -0.39 is 0 Å². The highest BCUT2D eigenvalue weighted by Gasteiger charge is 2.30. The molecule has 0 unspecified atom stereocenters. The molecule has 0 aliphatic carbocycles. The van der Waals surface area contributed by atoms with Crippen molar-refractivity contribution in [1.29, 1.82) is 0 Å². The molecule has 2 aromatic heterocycles. The van der Waals surface area contributed by atoms with Gasteiger partial charge in [-0.2, -0.15) is 0 Å². The van der Waals surface area contributed by atoms with Gasteiger partial charge >= 0.3 is 0 Å². The fourth-order valence-electron chi connectivity index (χ4n) is 4.24. The van der Waals surface area contributed by atoms with Crippen LogP contribution in [-0.2, 0) is 5.41 Å². The molecule has 32 heavy (non-hydrogen) atoms. The van der Waals surface area contributed by atoms with Crippen LogP contribution >= 0.6 is 0 Å². The third kappa shape index (κ3) is 3.55. The third-order valence-corrected chi connectivity index (χ3v) is 5.80. The van der Waals surface area contributed by atoms with Crippen molar-refractivity contribution < 1.29 is 27.8 Å². The van der Waals surface area contributed by atoms with Crippen molar-refractivity contribution >= 4 is 27.1 Å². The lowest BCUT2D eigenvalue weighted by molar-refractivity contribution is 0.355. The normalized spacial score (nSPS) is 11.7. The standard InChI is InChI=1S/C26H28O6/c1-15(24-18-10-22(29-6)20(27-4)8-16(18)13-31-24)12-26(2,3)25-19-11-23(30-7)21(28-5)9-17(19)14-32-25/h8-11,13-14H,1,12H2,2-7H3. The molecule has 4 aromatic rings. The lowest BCUT2D eigenvalue weighted by Gasteiger charge is -2.23. The van der Waals surface area contributed by atoms with Crippen LogP contribution in [0.3, 0.4) is 0 Å². The van der Waals surface area contributed by atoms with Crippen molar-refractivity contribution in [2.45, 2.75) is 25.7 Å². The van der Waals surface area contributed by atoms with Crippen LogP contribution in [0.2, 0.25) is 0 Å². The van der Waals surface area contributed by atoms with Gasteiger partial charge in [-0.1, -0.05) is 20.4 Å². The molecule has 0 spiro atoms. The fraction of sp³-hybridized carbons (Fsp3) is 0.308. The van der Waals surface area contributed by atoms with Crippen LogP contribution in [0.1, 0.15) is 31.8 Å². The quantitative estimate of drug-likeness (QED) is 0.310. The first-order chi connectivity index (χ1) is 15.3. The summed E-state index contributed by atoms with van der Waals surface area (Å²) in [6.45, 7) is 8.58. The van der Waals surface area contributed by atoms with Gasteiger partial charge in [0, 0.05) is 27.0 Å². The zero-order valence-electron chi connectivity index (χ0n) is 19.3. The SMILES string of the molecule is C=C(CC(C)(C)c1occ2cc(OC)c(OC)cc12)c1occ2cc(OC)c(OC)cc12. The highest BCUT2D eigenvalue weighted by Crippen LogP contribution is 2.43. The number of furan rings is 2. The van der Waals surface area contributed by atoms with Gasteiger partial charge in [-0.15, -0.1) is 0 Å². The molecule has 0 bridgehead atoms. The minimum atomic E-state index is -0.353. The number of benzene rings is 2. The van der Waals surface area contributed by atoms with E-state index in [0.717, 1.165) is 38.6 Å². The topological polar surface area (TPSA) is 63.2 Å². The van der Waals surface area contributed by atoms with E-state index >= 15 is 0 Å². The van der Waals surface area contributed by atoms with E-state index in [1.807, 2.05) is 24.3 Å². The van der Waals surface area contributed by atoms with Crippen LogP contribution in [0.4, 0.5) is 0 Å². The predicted octanol–water partition coefficient (Wildman–Crippen LogP) is 6.59. The van der Waals surface area contributed by atoms with Crippen LogP contribution in [0.5, 0.6) is 23.0 Å². The van der Waals surface area contributed by atoms with Crippen molar-refractivity contribution in [3.05, 3.63) is 54.9 Å². The van der Waals surface area contributed by atoms with Crippen LogP contribution in [0, 0.1) is 0 Å². The smallest absolute Gasteiger partial charge is 0.161 e. The van der Waals surface area contributed by atoms with Crippen molar-refractivity contribution in [1.82, 2.24) is 0 Å². The Morgan fingerprint density at radius 2 is 1.22 bits per heavy atom. The summed E-state index contributed by atoms with van der Waals surface area (Å²) in [4.78, 5) is 0. The highest BCUT2D eigenvalue weighted by atomic mass is 16.5. The monoisotopic (exact) mass is 436 g/mol. The minimum absolute atomic E-state index is 0.353. The second-order valence-corrected chi connectivity index (χ2v) is 8.38. The molecule has 0 amide bonds. The molecular formula is C26H28O6. The Morgan fingerprint density at radius 1 is 0.750 bits per heavy atom. The molecule has 2 heterocycles. The van der Waals surface area contributed by atoms with Crippen LogP contribution in [0.15, 0.2) is 52.2 Å². The molecule has 6 heteroatoms. The molecule has 0 atom stereocenters. The Bertz CT molecular complexity index is 1290. The van der Waals surface area contributed by atoms with Gasteiger partial charge < -0.3 is 27.8 Å². The van der Waals surface area contributed by atoms with Crippen LogP contribution < -0.4 is 18.9 Å². The molecule has 0 saturated heterocycles. The molecule has 0 aliphatic heterocycles. The lowest BCUT2D eigenvalue weighted by Crippen LogP contribution is -2.17. The molecule has 0 radical (unpaired) electrons. The maximum atomic E-state index is 6.03.